The summed E-state index contributed by atoms with van der Waals surface area (Å²) >= 11 is 1.80. The highest BCUT2D eigenvalue weighted by Gasteiger charge is 1.97. The van der Waals surface area contributed by atoms with Crippen molar-refractivity contribution in [3.05, 3.63) is 21.9 Å². The van der Waals surface area contributed by atoms with E-state index in [-0.39, 0.29) is 0 Å². The van der Waals surface area contributed by atoms with Crippen LogP contribution in [0.15, 0.2) is 10.8 Å². The van der Waals surface area contributed by atoms with Gasteiger partial charge in [-0.2, -0.15) is 11.3 Å². The SMILES string of the molecule is CCCCCCCCNCc1cscc1C. The van der Waals surface area contributed by atoms with Gasteiger partial charge in [0.2, 0.25) is 0 Å². The third kappa shape index (κ3) is 5.66. The maximum Gasteiger partial charge on any atom is 0.0216 e. The Kier molecular flexibility index (Phi) is 7.52. The van der Waals surface area contributed by atoms with E-state index in [9.17, 15) is 0 Å². The summed E-state index contributed by atoms with van der Waals surface area (Å²) in [7, 11) is 0. The van der Waals surface area contributed by atoms with Crippen LogP contribution in [0.5, 0.6) is 0 Å². The molecule has 1 heterocycles. The van der Waals surface area contributed by atoms with Crippen LogP contribution >= 0.6 is 11.3 Å². The lowest BCUT2D eigenvalue weighted by Crippen LogP contribution is -2.14. The second-order valence-electron chi connectivity index (χ2n) is 4.52. The number of aryl methyl sites for hydroxylation is 1. The van der Waals surface area contributed by atoms with E-state index in [0.717, 1.165) is 6.54 Å². The van der Waals surface area contributed by atoms with E-state index >= 15 is 0 Å². The molecule has 0 amide bonds. The van der Waals surface area contributed by atoms with Gasteiger partial charge in [-0.1, -0.05) is 39.0 Å². The molecule has 1 aromatic rings. The Morgan fingerprint density at radius 2 is 1.81 bits per heavy atom. The molecular weight excluding hydrogens is 214 g/mol. The average molecular weight is 239 g/mol. The quantitative estimate of drug-likeness (QED) is 0.625. The number of thiophene rings is 1. The lowest BCUT2D eigenvalue weighted by atomic mass is 10.1. The van der Waals surface area contributed by atoms with Gasteiger partial charge in [0.1, 0.15) is 0 Å². The fraction of sp³-hybridized carbons (Fsp3) is 0.714. The van der Waals surface area contributed by atoms with Crippen LogP contribution in [-0.2, 0) is 6.54 Å². The number of unbranched alkanes of at least 4 members (excludes halogenated alkanes) is 5. The van der Waals surface area contributed by atoms with Crippen molar-refractivity contribution in [1.29, 1.82) is 0 Å². The molecule has 0 aliphatic carbocycles. The van der Waals surface area contributed by atoms with Gasteiger partial charge in [-0.3, -0.25) is 0 Å². The molecule has 0 saturated carbocycles. The first-order chi connectivity index (χ1) is 7.84. The normalized spacial score (nSPS) is 10.9. The summed E-state index contributed by atoms with van der Waals surface area (Å²) in [6, 6.07) is 0. The van der Waals surface area contributed by atoms with E-state index in [2.05, 4.69) is 29.9 Å². The predicted molar refractivity (Wildman–Crippen MR) is 74.1 cm³/mol. The molecule has 0 aliphatic heterocycles. The molecule has 0 unspecified atom stereocenters. The van der Waals surface area contributed by atoms with E-state index in [1.165, 1.54) is 56.2 Å². The molecule has 92 valence electrons. The van der Waals surface area contributed by atoms with Gasteiger partial charge in [0.25, 0.3) is 0 Å². The number of rotatable bonds is 9. The molecule has 1 N–H and O–H groups in total. The Balaban J connectivity index is 1.91. The number of hydrogen-bond acceptors (Lipinski definition) is 2. The molecule has 1 aromatic heterocycles. The van der Waals surface area contributed by atoms with E-state index in [4.69, 9.17) is 0 Å². The molecule has 0 aliphatic rings. The second-order valence-corrected chi connectivity index (χ2v) is 5.27. The first-order valence-corrected chi connectivity index (χ1v) is 7.51. The topological polar surface area (TPSA) is 12.0 Å². The summed E-state index contributed by atoms with van der Waals surface area (Å²) in [6.07, 6.45) is 8.28. The van der Waals surface area contributed by atoms with Crippen molar-refractivity contribution in [3.8, 4) is 0 Å². The minimum Gasteiger partial charge on any atom is -0.313 e. The van der Waals surface area contributed by atoms with Crippen molar-refractivity contribution in [2.24, 2.45) is 0 Å². The molecule has 1 nitrogen and oxygen atoms in total. The third-order valence-electron chi connectivity index (χ3n) is 2.98. The lowest BCUT2D eigenvalue weighted by Gasteiger charge is -2.04. The monoisotopic (exact) mass is 239 g/mol. The Hall–Kier alpha value is -0.340. The molecule has 0 atom stereocenters. The first-order valence-electron chi connectivity index (χ1n) is 6.57. The molecular formula is C14H25NS. The second kappa shape index (κ2) is 8.77. The molecule has 0 spiro atoms. The molecule has 0 bridgehead atoms. The predicted octanol–water partition coefficient (Wildman–Crippen LogP) is 4.51. The molecule has 1 rings (SSSR count). The number of hydrogen-bond donors (Lipinski definition) is 1. The van der Waals surface area contributed by atoms with Crippen molar-refractivity contribution in [2.75, 3.05) is 6.54 Å². The van der Waals surface area contributed by atoms with E-state index in [1.807, 2.05) is 0 Å². The number of nitrogens with one attached hydrogen (secondary N) is 1. The summed E-state index contributed by atoms with van der Waals surface area (Å²) in [6.45, 7) is 6.68. The van der Waals surface area contributed by atoms with E-state index in [0.29, 0.717) is 0 Å². The highest BCUT2D eigenvalue weighted by Crippen LogP contribution is 2.13. The van der Waals surface area contributed by atoms with Crippen LogP contribution in [-0.4, -0.2) is 6.54 Å². The molecule has 2 heteroatoms. The first kappa shape index (κ1) is 13.7. The summed E-state index contributed by atoms with van der Waals surface area (Å²) in [4.78, 5) is 0. The van der Waals surface area contributed by atoms with Crippen LogP contribution in [0.2, 0.25) is 0 Å². The standard InChI is InChI=1S/C14H25NS/c1-3-4-5-6-7-8-9-15-10-14-12-16-11-13(14)2/h11-12,15H,3-10H2,1-2H3. The van der Waals surface area contributed by atoms with Crippen LogP contribution in [0, 0.1) is 6.92 Å². The van der Waals surface area contributed by atoms with E-state index < -0.39 is 0 Å². The highest BCUT2D eigenvalue weighted by atomic mass is 32.1. The Morgan fingerprint density at radius 1 is 1.06 bits per heavy atom. The Morgan fingerprint density at radius 3 is 2.50 bits per heavy atom. The van der Waals surface area contributed by atoms with Crippen molar-refractivity contribution in [1.82, 2.24) is 5.32 Å². The van der Waals surface area contributed by atoms with Gasteiger partial charge in [0.05, 0.1) is 0 Å². The maximum absolute atomic E-state index is 3.53. The van der Waals surface area contributed by atoms with Gasteiger partial charge in [-0.05, 0) is 41.8 Å². The molecule has 0 saturated heterocycles. The minimum absolute atomic E-state index is 1.05. The smallest absolute Gasteiger partial charge is 0.0216 e. The fourth-order valence-electron chi connectivity index (χ4n) is 1.82. The van der Waals surface area contributed by atoms with Gasteiger partial charge in [0.15, 0.2) is 0 Å². The van der Waals surface area contributed by atoms with Crippen LogP contribution in [0.3, 0.4) is 0 Å². The van der Waals surface area contributed by atoms with Gasteiger partial charge in [0, 0.05) is 6.54 Å². The molecule has 0 radical (unpaired) electrons. The Labute approximate surface area is 104 Å². The van der Waals surface area contributed by atoms with Crippen molar-refractivity contribution < 1.29 is 0 Å². The molecule has 16 heavy (non-hydrogen) atoms. The summed E-state index contributed by atoms with van der Waals surface area (Å²) in [5, 5.41) is 8.00. The van der Waals surface area contributed by atoms with Crippen molar-refractivity contribution in [3.63, 3.8) is 0 Å². The van der Waals surface area contributed by atoms with Gasteiger partial charge in [-0.25, -0.2) is 0 Å². The van der Waals surface area contributed by atoms with Crippen LogP contribution < -0.4 is 5.32 Å². The minimum atomic E-state index is 1.05. The van der Waals surface area contributed by atoms with Crippen LogP contribution in [0.25, 0.3) is 0 Å². The summed E-state index contributed by atoms with van der Waals surface area (Å²) in [5.74, 6) is 0. The van der Waals surface area contributed by atoms with E-state index in [1.54, 1.807) is 11.3 Å². The largest absolute Gasteiger partial charge is 0.313 e. The van der Waals surface area contributed by atoms with Gasteiger partial charge < -0.3 is 5.32 Å². The lowest BCUT2D eigenvalue weighted by molar-refractivity contribution is 0.572. The maximum atomic E-state index is 3.53. The zero-order valence-corrected chi connectivity index (χ0v) is 11.5. The third-order valence-corrected chi connectivity index (χ3v) is 3.89. The van der Waals surface area contributed by atoms with Crippen molar-refractivity contribution in [2.45, 2.75) is 58.9 Å². The van der Waals surface area contributed by atoms with Gasteiger partial charge >= 0.3 is 0 Å². The average Bonchev–Trinajstić information content (AvgIpc) is 2.68. The van der Waals surface area contributed by atoms with Crippen LogP contribution in [0.1, 0.15) is 56.6 Å². The van der Waals surface area contributed by atoms with Gasteiger partial charge in [-0.15, -0.1) is 0 Å². The molecule has 0 aromatic carbocycles. The summed E-state index contributed by atoms with van der Waals surface area (Å²) < 4.78 is 0. The molecule has 0 fully saturated rings. The zero-order chi connectivity index (χ0) is 11.6. The van der Waals surface area contributed by atoms with Crippen LogP contribution in [0.4, 0.5) is 0 Å². The Bertz CT molecular complexity index is 267. The highest BCUT2D eigenvalue weighted by molar-refractivity contribution is 7.08. The zero-order valence-electron chi connectivity index (χ0n) is 10.7. The fourth-order valence-corrected chi connectivity index (χ4v) is 2.68. The summed E-state index contributed by atoms with van der Waals surface area (Å²) in [5.41, 5.74) is 2.90. The van der Waals surface area contributed by atoms with Crippen molar-refractivity contribution >= 4 is 11.3 Å².